The van der Waals surface area contributed by atoms with Crippen LogP contribution < -0.4 is 5.32 Å². The van der Waals surface area contributed by atoms with Gasteiger partial charge in [0.2, 0.25) is 0 Å². The summed E-state index contributed by atoms with van der Waals surface area (Å²) in [7, 11) is 0. The van der Waals surface area contributed by atoms with Crippen molar-refractivity contribution in [1.29, 1.82) is 0 Å². The van der Waals surface area contributed by atoms with Gasteiger partial charge in [0.25, 0.3) is 0 Å². The maximum Gasteiger partial charge on any atom is 3.00 e. The van der Waals surface area contributed by atoms with Crippen LogP contribution in [0.2, 0.25) is 0 Å². The van der Waals surface area contributed by atoms with Gasteiger partial charge in [-0.2, -0.15) is 0 Å². The Morgan fingerprint density at radius 1 is 1.00 bits per heavy atom. The molecule has 0 aromatic rings. The van der Waals surface area contributed by atoms with Crippen LogP contribution in [0.5, 0.6) is 0 Å². The van der Waals surface area contributed by atoms with Crippen molar-refractivity contribution in [3.05, 3.63) is 0 Å². The van der Waals surface area contributed by atoms with Crippen LogP contribution in [0.25, 0.3) is 0 Å². The third kappa shape index (κ3) is 11.3. The summed E-state index contributed by atoms with van der Waals surface area (Å²) in [5, 5.41) is 3.38. The first-order valence-electron chi connectivity index (χ1n) is 3.83. The molecule has 62 valence electrons. The second-order valence-corrected chi connectivity index (χ2v) is 3.45. The Morgan fingerprint density at radius 2 is 1.30 bits per heavy atom. The molecule has 2 heteroatoms. The predicted octanol–water partition coefficient (Wildman–Crippen LogP) is 1.84. The Labute approximate surface area is 80.2 Å². The molecule has 0 rings (SSSR count). The molecule has 0 aromatic heterocycles. The summed E-state index contributed by atoms with van der Waals surface area (Å²) in [6, 6.07) is 0. The van der Waals surface area contributed by atoms with Crippen LogP contribution in [0.3, 0.4) is 0 Å². The molecular formula is C8H22AlN. The van der Waals surface area contributed by atoms with Crippen molar-refractivity contribution in [2.75, 3.05) is 13.1 Å². The monoisotopic (exact) mass is 159 g/mol. The molecule has 0 saturated heterocycles. The van der Waals surface area contributed by atoms with Gasteiger partial charge in [-0.25, -0.2) is 0 Å². The molecule has 0 bridgehead atoms. The summed E-state index contributed by atoms with van der Waals surface area (Å²) in [6.45, 7) is 11.2. The first-order chi connectivity index (χ1) is 4.13. The van der Waals surface area contributed by atoms with Crippen molar-refractivity contribution in [2.45, 2.75) is 27.7 Å². The average Bonchev–Trinajstić information content (AvgIpc) is 1.63. The standard InChI is InChI=1S/C8H19N.Al.3H/c1-7(2)5-9-6-8(3)4;;;;/h7-9H,5-6H2,1-4H3;;;;/q;+3;3*-1. The minimum atomic E-state index is 0. The largest absolute Gasteiger partial charge is 3.00 e. The van der Waals surface area contributed by atoms with Crippen LogP contribution in [0, 0.1) is 11.8 Å². The van der Waals surface area contributed by atoms with Gasteiger partial charge in [-0.15, -0.1) is 0 Å². The molecule has 0 amide bonds. The first-order valence-corrected chi connectivity index (χ1v) is 3.83. The van der Waals surface area contributed by atoms with Gasteiger partial charge in [0.05, 0.1) is 0 Å². The maximum absolute atomic E-state index is 3.38. The van der Waals surface area contributed by atoms with E-state index in [4.69, 9.17) is 0 Å². The third-order valence-corrected chi connectivity index (χ3v) is 1.11. The molecule has 0 saturated carbocycles. The zero-order valence-corrected chi connectivity index (χ0v) is 8.80. The Morgan fingerprint density at radius 3 is 1.50 bits per heavy atom. The van der Waals surface area contributed by atoms with E-state index in [9.17, 15) is 0 Å². The Balaban J connectivity index is -0.0000000533. The van der Waals surface area contributed by atoms with Gasteiger partial charge in [-0.1, -0.05) is 27.7 Å². The molecule has 0 aliphatic heterocycles. The van der Waals surface area contributed by atoms with E-state index in [1.807, 2.05) is 0 Å². The van der Waals surface area contributed by atoms with Gasteiger partial charge in [0, 0.05) is 0 Å². The van der Waals surface area contributed by atoms with Crippen molar-refractivity contribution >= 4 is 17.4 Å². The second kappa shape index (κ2) is 7.60. The van der Waals surface area contributed by atoms with E-state index in [-0.39, 0.29) is 21.6 Å². The molecule has 0 fully saturated rings. The zero-order valence-electron chi connectivity index (χ0n) is 10.6. The van der Waals surface area contributed by atoms with Crippen molar-refractivity contribution < 1.29 is 4.28 Å². The SMILES string of the molecule is CC(C)CNCC(C)C.[Al+3].[H-].[H-].[H-]. The Kier molecular flexibility index (Phi) is 9.96. The zero-order chi connectivity index (χ0) is 7.28. The number of hydrogen-bond donors (Lipinski definition) is 1. The van der Waals surface area contributed by atoms with Crippen LogP contribution in [0.4, 0.5) is 0 Å². The molecule has 0 heterocycles. The van der Waals surface area contributed by atoms with E-state index in [2.05, 4.69) is 33.0 Å². The van der Waals surface area contributed by atoms with E-state index >= 15 is 0 Å². The van der Waals surface area contributed by atoms with Crippen LogP contribution in [-0.4, -0.2) is 30.5 Å². The van der Waals surface area contributed by atoms with Crippen molar-refractivity contribution in [1.82, 2.24) is 5.32 Å². The number of hydrogen-bond acceptors (Lipinski definition) is 1. The molecule has 1 N–H and O–H groups in total. The van der Waals surface area contributed by atoms with E-state index < -0.39 is 0 Å². The topological polar surface area (TPSA) is 12.0 Å². The van der Waals surface area contributed by atoms with Crippen LogP contribution in [-0.2, 0) is 0 Å². The van der Waals surface area contributed by atoms with Gasteiger partial charge >= 0.3 is 17.4 Å². The Hall–Kier alpha value is 0.492. The predicted molar refractivity (Wildman–Crippen MR) is 51.6 cm³/mol. The molecule has 1 nitrogen and oxygen atoms in total. The first kappa shape index (κ1) is 13.1. The summed E-state index contributed by atoms with van der Waals surface area (Å²) >= 11 is 0. The molecule has 0 spiro atoms. The molecule has 0 unspecified atom stereocenters. The quantitative estimate of drug-likeness (QED) is 0.617. The van der Waals surface area contributed by atoms with Gasteiger partial charge in [0.15, 0.2) is 0 Å². The van der Waals surface area contributed by atoms with Crippen molar-refractivity contribution in [3.63, 3.8) is 0 Å². The second-order valence-electron chi connectivity index (χ2n) is 3.45. The van der Waals surface area contributed by atoms with E-state index in [1.165, 1.54) is 0 Å². The van der Waals surface area contributed by atoms with Crippen molar-refractivity contribution in [2.24, 2.45) is 11.8 Å². The average molecular weight is 159 g/mol. The molecule has 0 aromatic carbocycles. The molecule has 0 aliphatic carbocycles. The van der Waals surface area contributed by atoms with Crippen LogP contribution in [0.1, 0.15) is 32.0 Å². The van der Waals surface area contributed by atoms with E-state index in [0.717, 1.165) is 24.9 Å². The smallest absolute Gasteiger partial charge is 1.00 e. The van der Waals surface area contributed by atoms with E-state index in [0.29, 0.717) is 0 Å². The molecule has 10 heavy (non-hydrogen) atoms. The third-order valence-electron chi connectivity index (χ3n) is 1.11. The maximum atomic E-state index is 3.38. The van der Waals surface area contributed by atoms with Gasteiger partial charge in [-0.05, 0) is 24.9 Å². The minimum absolute atomic E-state index is 0. The van der Waals surface area contributed by atoms with Crippen LogP contribution in [0.15, 0.2) is 0 Å². The summed E-state index contributed by atoms with van der Waals surface area (Å²) in [5.41, 5.74) is 0. The fourth-order valence-corrected chi connectivity index (χ4v) is 0.661. The van der Waals surface area contributed by atoms with Gasteiger partial charge in [-0.3, -0.25) is 0 Å². The summed E-state index contributed by atoms with van der Waals surface area (Å²) in [4.78, 5) is 0. The van der Waals surface area contributed by atoms with Gasteiger partial charge < -0.3 is 9.60 Å². The molecular weight excluding hydrogens is 137 g/mol. The van der Waals surface area contributed by atoms with Crippen LogP contribution >= 0.6 is 0 Å². The fraction of sp³-hybridized carbons (Fsp3) is 1.00. The Bertz CT molecular complexity index is 64.4. The summed E-state index contributed by atoms with van der Waals surface area (Å²) in [5.74, 6) is 1.56. The van der Waals surface area contributed by atoms with Gasteiger partial charge in [0.1, 0.15) is 0 Å². The minimum Gasteiger partial charge on any atom is -1.00 e. The normalized spacial score (nSPS) is 10.2. The summed E-state index contributed by atoms with van der Waals surface area (Å²) in [6.07, 6.45) is 0. The fourth-order valence-electron chi connectivity index (χ4n) is 0.661. The van der Waals surface area contributed by atoms with E-state index in [1.54, 1.807) is 0 Å². The number of rotatable bonds is 4. The number of nitrogens with one attached hydrogen (secondary N) is 1. The molecule has 0 radical (unpaired) electrons. The molecule has 0 aliphatic rings. The van der Waals surface area contributed by atoms with Crippen molar-refractivity contribution in [3.8, 4) is 0 Å². The molecule has 0 atom stereocenters. The summed E-state index contributed by atoms with van der Waals surface area (Å²) < 4.78 is 0.